The van der Waals surface area contributed by atoms with Crippen molar-refractivity contribution in [2.24, 2.45) is 0 Å². The summed E-state index contributed by atoms with van der Waals surface area (Å²) in [7, 11) is -3.61. The van der Waals surface area contributed by atoms with E-state index in [9.17, 15) is 13.2 Å². The second-order valence-electron chi connectivity index (χ2n) is 6.76. The molecule has 0 spiro atoms. The number of nitrogens with zero attached hydrogens (tertiary/aromatic N) is 4. The number of hydrogen-bond donors (Lipinski definition) is 1. The van der Waals surface area contributed by atoms with Crippen LogP contribution in [-0.2, 0) is 21.4 Å². The number of carbonyl (C=O) groups is 1. The molecule has 11 heteroatoms. The number of piperazine rings is 1. The van der Waals surface area contributed by atoms with Gasteiger partial charge in [-0.2, -0.15) is 9.40 Å². The molecule has 0 atom stereocenters. The molecule has 2 heterocycles. The smallest absolute Gasteiger partial charge is 0.246 e. The molecule has 2 aromatic rings. The number of benzene rings is 1. The van der Waals surface area contributed by atoms with Gasteiger partial charge in [-0.3, -0.25) is 14.4 Å². The molecular formula is C18H23Cl2N5O3S. The van der Waals surface area contributed by atoms with Gasteiger partial charge in [0.2, 0.25) is 15.9 Å². The Morgan fingerprint density at radius 2 is 1.79 bits per heavy atom. The predicted octanol–water partition coefficient (Wildman–Crippen LogP) is 2.46. The van der Waals surface area contributed by atoms with Gasteiger partial charge in [0.1, 0.15) is 4.90 Å². The van der Waals surface area contributed by atoms with Crippen molar-refractivity contribution in [1.82, 2.24) is 19.0 Å². The Morgan fingerprint density at radius 1 is 1.17 bits per heavy atom. The van der Waals surface area contributed by atoms with Gasteiger partial charge in [-0.05, 0) is 26.0 Å². The number of anilines is 1. The molecule has 158 valence electrons. The maximum absolute atomic E-state index is 12.9. The fraction of sp³-hybridized carbons (Fsp3) is 0.444. The second-order valence-corrected chi connectivity index (χ2v) is 9.48. The lowest BCUT2D eigenvalue weighted by Crippen LogP contribution is -2.50. The van der Waals surface area contributed by atoms with E-state index in [1.54, 1.807) is 36.0 Å². The molecule has 1 aliphatic heterocycles. The van der Waals surface area contributed by atoms with Crippen LogP contribution in [0.5, 0.6) is 0 Å². The van der Waals surface area contributed by atoms with Crippen molar-refractivity contribution in [2.75, 3.05) is 38.0 Å². The lowest BCUT2D eigenvalue weighted by molar-refractivity contribution is -0.117. The van der Waals surface area contributed by atoms with Crippen molar-refractivity contribution < 1.29 is 13.2 Å². The van der Waals surface area contributed by atoms with Crippen LogP contribution in [0.25, 0.3) is 0 Å². The third-order valence-corrected chi connectivity index (χ3v) is 7.40. The summed E-state index contributed by atoms with van der Waals surface area (Å²) in [6.45, 7) is 5.84. The molecule has 8 nitrogen and oxygen atoms in total. The van der Waals surface area contributed by atoms with Crippen LogP contribution in [0.15, 0.2) is 29.3 Å². The van der Waals surface area contributed by atoms with E-state index in [0.29, 0.717) is 54.2 Å². The highest BCUT2D eigenvalue weighted by atomic mass is 35.5. The molecule has 1 aromatic heterocycles. The van der Waals surface area contributed by atoms with Gasteiger partial charge in [-0.25, -0.2) is 8.42 Å². The van der Waals surface area contributed by atoms with Crippen LogP contribution in [-0.4, -0.2) is 66.0 Å². The topological polar surface area (TPSA) is 87.5 Å². The molecule has 1 saturated heterocycles. The number of aryl methyl sites for hydroxylation is 2. The number of hydrogen-bond acceptors (Lipinski definition) is 5. The highest BCUT2D eigenvalue weighted by molar-refractivity contribution is 7.89. The van der Waals surface area contributed by atoms with Gasteiger partial charge >= 0.3 is 0 Å². The molecule has 1 aliphatic rings. The van der Waals surface area contributed by atoms with Crippen molar-refractivity contribution in [3.63, 3.8) is 0 Å². The van der Waals surface area contributed by atoms with E-state index < -0.39 is 10.0 Å². The summed E-state index contributed by atoms with van der Waals surface area (Å²) in [5, 5.41) is 7.68. The van der Waals surface area contributed by atoms with Crippen LogP contribution >= 0.6 is 23.2 Å². The van der Waals surface area contributed by atoms with Gasteiger partial charge in [0.05, 0.1) is 28.0 Å². The van der Waals surface area contributed by atoms with E-state index >= 15 is 0 Å². The molecule has 1 amide bonds. The number of amides is 1. The number of carbonyl (C=O) groups excluding carboxylic acids is 1. The number of sulfonamides is 1. The normalized spacial score (nSPS) is 16.1. The Labute approximate surface area is 180 Å². The first-order chi connectivity index (χ1) is 13.7. The summed E-state index contributed by atoms with van der Waals surface area (Å²) < 4.78 is 28.9. The number of nitrogens with one attached hydrogen (secondary N) is 1. The fourth-order valence-corrected chi connectivity index (χ4v) is 5.26. The van der Waals surface area contributed by atoms with E-state index in [1.807, 2.05) is 11.8 Å². The average Bonchev–Trinajstić information content (AvgIpc) is 3.07. The number of rotatable bonds is 6. The van der Waals surface area contributed by atoms with E-state index in [2.05, 4.69) is 10.4 Å². The fourth-order valence-electron chi connectivity index (χ4n) is 3.18. The first-order valence-electron chi connectivity index (χ1n) is 9.22. The van der Waals surface area contributed by atoms with Crippen LogP contribution in [0.2, 0.25) is 10.0 Å². The van der Waals surface area contributed by atoms with Crippen LogP contribution in [0.4, 0.5) is 5.69 Å². The van der Waals surface area contributed by atoms with E-state index in [0.717, 1.165) is 0 Å². The monoisotopic (exact) mass is 459 g/mol. The van der Waals surface area contributed by atoms with Crippen LogP contribution < -0.4 is 5.32 Å². The highest BCUT2D eigenvalue weighted by Crippen LogP contribution is 2.29. The summed E-state index contributed by atoms with van der Waals surface area (Å²) in [5.41, 5.74) is 0.871. The van der Waals surface area contributed by atoms with E-state index in [4.69, 9.17) is 23.2 Å². The van der Waals surface area contributed by atoms with Crippen LogP contribution in [0.3, 0.4) is 0 Å². The SMILES string of the molecule is CCn1cc(S(=O)(=O)N2CCN(CC(=O)Nc3c(Cl)cccc3Cl)CC2)c(C)n1. The van der Waals surface area contributed by atoms with Crippen molar-refractivity contribution >= 4 is 44.8 Å². The zero-order chi connectivity index (χ0) is 21.2. The van der Waals surface area contributed by atoms with Crippen LogP contribution in [0, 0.1) is 6.92 Å². The third kappa shape index (κ3) is 4.92. The Balaban J connectivity index is 1.59. The summed E-state index contributed by atoms with van der Waals surface area (Å²) >= 11 is 12.2. The molecule has 1 aromatic carbocycles. The minimum Gasteiger partial charge on any atom is -0.322 e. The first-order valence-corrected chi connectivity index (χ1v) is 11.4. The summed E-state index contributed by atoms with van der Waals surface area (Å²) in [6.07, 6.45) is 1.57. The summed E-state index contributed by atoms with van der Waals surface area (Å²) in [4.78, 5) is 14.5. The minimum atomic E-state index is -3.61. The summed E-state index contributed by atoms with van der Waals surface area (Å²) in [6, 6.07) is 5.00. The van der Waals surface area contributed by atoms with Crippen molar-refractivity contribution in [2.45, 2.75) is 25.3 Å². The Bertz CT molecular complexity index is 981. The van der Waals surface area contributed by atoms with Crippen molar-refractivity contribution in [3.8, 4) is 0 Å². The lowest BCUT2D eigenvalue weighted by Gasteiger charge is -2.33. The molecule has 0 aliphatic carbocycles. The van der Waals surface area contributed by atoms with Gasteiger partial charge in [-0.1, -0.05) is 29.3 Å². The van der Waals surface area contributed by atoms with E-state index in [1.165, 1.54) is 4.31 Å². The van der Waals surface area contributed by atoms with Gasteiger partial charge in [0.15, 0.2) is 0 Å². The maximum Gasteiger partial charge on any atom is 0.246 e. The molecule has 0 bridgehead atoms. The Kier molecular flexibility index (Phi) is 6.85. The third-order valence-electron chi connectivity index (χ3n) is 4.77. The van der Waals surface area contributed by atoms with Gasteiger partial charge in [-0.15, -0.1) is 0 Å². The summed E-state index contributed by atoms with van der Waals surface area (Å²) in [5.74, 6) is -0.253. The predicted molar refractivity (Wildman–Crippen MR) is 113 cm³/mol. The molecule has 29 heavy (non-hydrogen) atoms. The second kappa shape index (κ2) is 9.01. The number of para-hydroxylation sites is 1. The van der Waals surface area contributed by atoms with Crippen molar-refractivity contribution in [3.05, 3.63) is 40.1 Å². The van der Waals surface area contributed by atoms with Crippen LogP contribution in [0.1, 0.15) is 12.6 Å². The Hall–Kier alpha value is -1.65. The van der Waals surface area contributed by atoms with E-state index in [-0.39, 0.29) is 17.3 Å². The van der Waals surface area contributed by atoms with Gasteiger partial charge < -0.3 is 5.32 Å². The first kappa shape index (κ1) is 22.0. The highest BCUT2D eigenvalue weighted by Gasteiger charge is 2.31. The number of aromatic nitrogens is 2. The van der Waals surface area contributed by atoms with Gasteiger partial charge in [0, 0.05) is 38.9 Å². The Morgan fingerprint density at radius 3 is 2.34 bits per heavy atom. The zero-order valence-electron chi connectivity index (χ0n) is 16.2. The lowest BCUT2D eigenvalue weighted by atomic mass is 10.3. The maximum atomic E-state index is 12.9. The minimum absolute atomic E-state index is 0.127. The number of halogens is 2. The molecule has 0 unspecified atom stereocenters. The zero-order valence-corrected chi connectivity index (χ0v) is 18.6. The molecule has 1 N–H and O–H groups in total. The molecule has 0 saturated carbocycles. The molecular weight excluding hydrogens is 437 g/mol. The largest absolute Gasteiger partial charge is 0.322 e. The average molecular weight is 460 g/mol. The quantitative estimate of drug-likeness (QED) is 0.716. The molecule has 1 fully saturated rings. The van der Waals surface area contributed by atoms with Gasteiger partial charge in [0.25, 0.3) is 0 Å². The van der Waals surface area contributed by atoms with Crippen molar-refractivity contribution in [1.29, 1.82) is 0 Å². The molecule has 3 rings (SSSR count). The molecule has 0 radical (unpaired) electrons. The standard InChI is InChI=1S/C18H23Cl2N5O3S/c1-3-24-11-16(13(2)22-24)29(27,28)25-9-7-23(8-10-25)12-17(26)21-18-14(19)5-4-6-15(18)20/h4-6,11H,3,7-10,12H2,1-2H3,(H,21,26).